The Morgan fingerprint density at radius 3 is 2.38 bits per heavy atom. The molecule has 0 N–H and O–H groups in total. The van der Waals surface area contributed by atoms with Gasteiger partial charge in [-0.15, -0.1) is 0 Å². The molecule has 174 valence electrons. The maximum absolute atomic E-state index is 13.6. The molecule has 1 aromatic carbocycles. The monoisotopic (exact) mass is 458 g/mol. The van der Waals surface area contributed by atoms with E-state index in [0.29, 0.717) is 17.1 Å². The van der Waals surface area contributed by atoms with Crippen molar-refractivity contribution < 1.29 is 23.5 Å². The van der Waals surface area contributed by atoms with Crippen LogP contribution in [0.2, 0.25) is 18.1 Å². The van der Waals surface area contributed by atoms with Crippen molar-refractivity contribution in [2.75, 3.05) is 20.9 Å². The molecule has 2 amide bonds. The van der Waals surface area contributed by atoms with Crippen LogP contribution in [0.15, 0.2) is 12.1 Å². The molecule has 2 fully saturated rings. The first-order valence-electron chi connectivity index (χ1n) is 11.6. The van der Waals surface area contributed by atoms with E-state index in [1.165, 1.54) is 0 Å². The second-order valence-electron chi connectivity index (χ2n) is 11.3. The minimum absolute atomic E-state index is 0.0364. The normalized spacial score (nSPS) is 31.5. The van der Waals surface area contributed by atoms with Crippen LogP contribution in [-0.2, 0) is 14.6 Å². The van der Waals surface area contributed by atoms with Gasteiger partial charge in [0.2, 0.25) is 12.7 Å². The summed E-state index contributed by atoms with van der Waals surface area (Å²) in [6, 6.07) is 3.77. The van der Waals surface area contributed by atoms with Crippen molar-refractivity contribution in [3.05, 3.63) is 23.3 Å². The molecule has 4 aliphatic rings. The maximum atomic E-state index is 13.6. The van der Waals surface area contributed by atoms with Crippen LogP contribution in [0.5, 0.6) is 11.5 Å². The van der Waals surface area contributed by atoms with E-state index < -0.39 is 13.7 Å². The molecule has 0 bridgehead atoms. The largest absolute Gasteiger partial charge is 0.454 e. The fourth-order valence-corrected chi connectivity index (χ4v) is 7.50. The number of carbonyl (C=O) groups excluding carboxylic acids is 2. The van der Waals surface area contributed by atoms with Crippen molar-refractivity contribution in [1.29, 1.82) is 0 Å². The van der Waals surface area contributed by atoms with Gasteiger partial charge in [-0.25, -0.2) is 0 Å². The number of likely N-dealkylation sites (tertiary alicyclic amines) is 1. The average molecular weight is 459 g/mol. The SMILES string of the molecule is CN1C(=O)c2cc3c(cc2[C@]24[C@H]1N(C)C(=O)[C@H]2CCC[C@H]4O[Si](C)(C)C(C)(C)C)OCO3. The van der Waals surface area contributed by atoms with Crippen molar-refractivity contribution in [3.8, 4) is 11.5 Å². The van der Waals surface area contributed by atoms with Gasteiger partial charge in [0.15, 0.2) is 19.8 Å². The van der Waals surface area contributed by atoms with Gasteiger partial charge in [-0.05, 0) is 48.7 Å². The lowest BCUT2D eigenvalue weighted by Gasteiger charge is -2.55. The topological polar surface area (TPSA) is 68.3 Å². The lowest BCUT2D eigenvalue weighted by atomic mass is 9.58. The summed E-state index contributed by atoms with van der Waals surface area (Å²) in [4.78, 5) is 30.6. The number of nitrogens with zero attached hydrogens (tertiary/aromatic N) is 2. The molecule has 0 radical (unpaired) electrons. The molecule has 3 aliphatic heterocycles. The number of hydrogen-bond acceptors (Lipinski definition) is 5. The van der Waals surface area contributed by atoms with E-state index in [-0.39, 0.29) is 41.8 Å². The van der Waals surface area contributed by atoms with Crippen LogP contribution >= 0.6 is 0 Å². The molecule has 8 heteroatoms. The summed E-state index contributed by atoms with van der Waals surface area (Å²) in [7, 11) is 1.50. The van der Waals surface area contributed by atoms with Crippen LogP contribution in [0.25, 0.3) is 0 Å². The number of ether oxygens (including phenoxy) is 2. The number of amides is 2. The third kappa shape index (κ3) is 2.62. The Balaban J connectivity index is 1.76. The first kappa shape index (κ1) is 21.8. The molecule has 3 heterocycles. The van der Waals surface area contributed by atoms with Crippen LogP contribution in [-0.4, -0.2) is 63.1 Å². The second kappa shape index (κ2) is 6.73. The molecule has 1 saturated heterocycles. The molecule has 7 nitrogen and oxygen atoms in total. The zero-order valence-corrected chi connectivity index (χ0v) is 21.2. The first-order chi connectivity index (χ1) is 14.9. The molecule has 0 unspecified atom stereocenters. The minimum Gasteiger partial charge on any atom is -0.454 e. The fourth-order valence-electron chi connectivity index (χ4n) is 6.12. The molecule has 4 atom stereocenters. The van der Waals surface area contributed by atoms with E-state index in [2.05, 4.69) is 33.9 Å². The fraction of sp³-hybridized carbons (Fsp3) is 0.667. The maximum Gasteiger partial charge on any atom is 0.255 e. The molecule has 1 aromatic rings. The number of benzene rings is 1. The Kier molecular flexibility index (Phi) is 4.58. The lowest BCUT2D eigenvalue weighted by Crippen LogP contribution is -2.66. The third-order valence-electron chi connectivity index (χ3n) is 8.65. The summed E-state index contributed by atoms with van der Waals surface area (Å²) >= 11 is 0. The molecule has 0 aromatic heterocycles. The Labute approximate surface area is 191 Å². The first-order valence-corrected chi connectivity index (χ1v) is 14.5. The Hall–Kier alpha value is -2.06. The highest BCUT2D eigenvalue weighted by Crippen LogP contribution is 2.59. The molecule has 32 heavy (non-hydrogen) atoms. The van der Waals surface area contributed by atoms with Crippen molar-refractivity contribution >= 4 is 20.1 Å². The predicted octanol–water partition coefficient (Wildman–Crippen LogP) is 3.73. The molecule has 5 rings (SSSR count). The van der Waals surface area contributed by atoms with Gasteiger partial charge in [0, 0.05) is 19.7 Å². The summed E-state index contributed by atoms with van der Waals surface area (Å²) in [5.41, 5.74) is 0.867. The molecule has 1 aliphatic carbocycles. The highest BCUT2D eigenvalue weighted by Gasteiger charge is 2.69. The van der Waals surface area contributed by atoms with Gasteiger partial charge in [0.25, 0.3) is 5.91 Å². The summed E-state index contributed by atoms with van der Waals surface area (Å²) in [5, 5.41) is 0.0364. The standard InChI is InChI=1S/C24H34N2O5Si/c1-23(2,3)32(6,7)31-19-10-8-9-15-21(28)26(5)22-24(15,19)16-12-18-17(29-13-30-18)11-14(16)20(27)25(22)4/h11-12,15,19,22H,8-10,13H2,1-7H3/t15-,19-,22-,24-/m1/s1. The highest BCUT2D eigenvalue weighted by molar-refractivity contribution is 6.74. The van der Waals surface area contributed by atoms with Crippen LogP contribution in [0.4, 0.5) is 0 Å². The number of hydrogen-bond donors (Lipinski definition) is 0. The van der Waals surface area contributed by atoms with Crippen LogP contribution < -0.4 is 9.47 Å². The number of carbonyl (C=O) groups is 2. The van der Waals surface area contributed by atoms with Gasteiger partial charge in [-0.3, -0.25) is 9.59 Å². The molecule has 1 saturated carbocycles. The van der Waals surface area contributed by atoms with E-state index >= 15 is 0 Å². The summed E-state index contributed by atoms with van der Waals surface area (Å²) in [6.45, 7) is 11.4. The van der Waals surface area contributed by atoms with E-state index in [1.807, 2.05) is 20.2 Å². The zero-order chi connectivity index (χ0) is 23.2. The Morgan fingerprint density at radius 1 is 1.06 bits per heavy atom. The van der Waals surface area contributed by atoms with Gasteiger partial charge < -0.3 is 23.7 Å². The zero-order valence-electron chi connectivity index (χ0n) is 20.2. The van der Waals surface area contributed by atoms with E-state index in [4.69, 9.17) is 13.9 Å². The molecule has 1 spiro atoms. The minimum atomic E-state index is -2.15. The van der Waals surface area contributed by atoms with Crippen molar-refractivity contribution in [1.82, 2.24) is 9.80 Å². The van der Waals surface area contributed by atoms with E-state index in [0.717, 1.165) is 24.8 Å². The smallest absolute Gasteiger partial charge is 0.255 e. The van der Waals surface area contributed by atoms with E-state index in [9.17, 15) is 9.59 Å². The number of rotatable bonds is 2. The van der Waals surface area contributed by atoms with Crippen molar-refractivity contribution in [2.45, 2.75) is 75.9 Å². The number of likely N-dealkylation sites (N-methyl/N-ethyl adjacent to an activating group) is 2. The van der Waals surface area contributed by atoms with Gasteiger partial charge in [-0.1, -0.05) is 27.2 Å². The molecular formula is C24H34N2O5Si. The van der Waals surface area contributed by atoms with Crippen LogP contribution in [0, 0.1) is 5.92 Å². The Bertz CT molecular complexity index is 1000. The second-order valence-corrected chi connectivity index (χ2v) is 16.0. The van der Waals surface area contributed by atoms with Crippen LogP contribution in [0.3, 0.4) is 0 Å². The lowest BCUT2D eigenvalue weighted by molar-refractivity contribution is -0.132. The van der Waals surface area contributed by atoms with Crippen molar-refractivity contribution in [3.63, 3.8) is 0 Å². The highest BCUT2D eigenvalue weighted by atomic mass is 28.4. The summed E-state index contributed by atoms with van der Waals surface area (Å²) < 4.78 is 18.4. The van der Waals surface area contributed by atoms with Gasteiger partial charge in [0.1, 0.15) is 6.17 Å². The number of fused-ring (bicyclic) bond motifs is 2. The van der Waals surface area contributed by atoms with Gasteiger partial charge in [-0.2, -0.15) is 0 Å². The summed E-state index contributed by atoms with van der Waals surface area (Å²) in [5.74, 6) is 1.02. The third-order valence-corrected chi connectivity index (χ3v) is 13.1. The summed E-state index contributed by atoms with van der Waals surface area (Å²) in [6.07, 6.45) is 2.07. The van der Waals surface area contributed by atoms with Crippen LogP contribution in [0.1, 0.15) is 56.0 Å². The van der Waals surface area contributed by atoms with Crippen molar-refractivity contribution in [2.24, 2.45) is 5.92 Å². The van der Waals surface area contributed by atoms with E-state index in [1.54, 1.807) is 15.9 Å². The predicted molar refractivity (Wildman–Crippen MR) is 122 cm³/mol. The quantitative estimate of drug-likeness (QED) is 0.632. The average Bonchev–Trinajstić information content (AvgIpc) is 3.26. The van der Waals surface area contributed by atoms with Gasteiger partial charge >= 0.3 is 0 Å². The molecular weight excluding hydrogens is 424 g/mol. The Morgan fingerprint density at radius 2 is 1.72 bits per heavy atom. The van der Waals surface area contributed by atoms with Gasteiger partial charge in [0.05, 0.1) is 17.4 Å².